The molecule has 2 aromatic rings. The third-order valence-corrected chi connectivity index (χ3v) is 11.4. The van der Waals surface area contributed by atoms with E-state index >= 15 is 0 Å². The van der Waals surface area contributed by atoms with Gasteiger partial charge in [0.05, 0.1) is 32.0 Å². The number of benzene rings is 2. The monoisotopic (exact) mass is 736 g/mol. The average Bonchev–Trinajstić information content (AvgIpc) is 3.17. The molecule has 11 heteroatoms. The van der Waals surface area contributed by atoms with Gasteiger partial charge in [-0.2, -0.15) is 0 Å². The number of carbonyl (C=O) groups is 1. The molecule has 2 aromatic carbocycles. The zero-order valence-corrected chi connectivity index (χ0v) is 31.7. The molecule has 3 aliphatic rings. The van der Waals surface area contributed by atoms with Gasteiger partial charge in [-0.1, -0.05) is 55.3 Å². The van der Waals surface area contributed by atoms with Crippen molar-refractivity contribution >= 4 is 23.6 Å². The van der Waals surface area contributed by atoms with Gasteiger partial charge in [0.15, 0.2) is 0 Å². The van der Waals surface area contributed by atoms with Crippen molar-refractivity contribution in [2.24, 2.45) is 22.9 Å². The van der Waals surface area contributed by atoms with Gasteiger partial charge in [-0.25, -0.2) is 4.79 Å². The summed E-state index contributed by atoms with van der Waals surface area (Å²) in [4.78, 5) is 22.0. The van der Waals surface area contributed by atoms with E-state index in [9.17, 15) is 15.0 Å². The average molecular weight is 737 g/mol. The van der Waals surface area contributed by atoms with Crippen molar-refractivity contribution in [2.45, 2.75) is 80.9 Å². The summed E-state index contributed by atoms with van der Waals surface area (Å²) in [7, 11) is 2.95. The summed E-state index contributed by atoms with van der Waals surface area (Å²) >= 11 is 1.75. The van der Waals surface area contributed by atoms with Crippen LogP contribution < -0.4 is 9.47 Å². The number of allylic oxidation sites excluding steroid dienone is 1. The third kappa shape index (κ3) is 8.81. The Kier molecular flexibility index (Phi) is 14.9. The lowest BCUT2D eigenvalue weighted by atomic mass is 9.55. The Bertz CT molecular complexity index is 1520. The zero-order chi connectivity index (χ0) is 36.9. The molecule has 1 saturated carbocycles. The van der Waals surface area contributed by atoms with Crippen molar-refractivity contribution in [3.8, 4) is 11.5 Å². The number of oxime groups is 1. The predicted octanol–water partition coefficient (Wildman–Crippen LogP) is 7.60. The molecule has 0 radical (unpaired) electrons. The number of aliphatic hydroxyl groups is 2. The van der Waals surface area contributed by atoms with Crippen LogP contribution >= 0.6 is 11.8 Å². The Morgan fingerprint density at radius 1 is 1.10 bits per heavy atom. The number of nitrogens with zero attached hydrogens (tertiary/aromatic N) is 2. The topological polar surface area (TPSA) is 119 Å². The third-order valence-electron chi connectivity index (χ3n) is 10.5. The highest BCUT2D eigenvalue weighted by Gasteiger charge is 2.65. The van der Waals surface area contributed by atoms with E-state index in [1.807, 2.05) is 37.3 Å². The van der Waals surface area contributed by atoms with Crippen LogP contribution in [0.1, 0.15) is 69.8 Å². The van der Waals surface area contributed by atoms with Gasteiger partial charge in [0.1, 0.15) is 24.7 Å². The van der Waals surface area contributed by atoms with Gasteiger partial charge >= 0.3 is 6.09 Å². The number of ether oxygens (including phenoxy) is 4. The van der Waals surface area contributed by atoms with Gasteiger partial charge in [0.25, 0.3) is 0 Å². The van der Waals surface area contributed by atoms with Crippen LogP contribution in [-0.4, -0.2) is 91.7 Å². The highest BCUT2D eigenvalue weighted by Crippen LogP contribution is 2.62. The van der Waals surface area contributed by atoms with E-state index in [0.29, 0.717) is 44.6 Å². The summed E-state index contributed by atoms with van der Waals surface area (Å²) in [5.74, 6) is 0.766. The maximum Gasteiger partial charge on any atom is 0.409 e. The lowest BCUT2D eigenvalue weighted by Crippen LogP contribution is -2.70. The summed E-state index contributed by atoms with van der Waals surface area (Å²) < 4.78 is 25.8. The van der Waals surface area contributed by atoms with Gasteiger partial charge in [-0.3, -0.25) is 4.90 Å². The van der Waals surface area contributed by atoms with Gasteiger partial charge in [-0.05, 0) is 79.8 Å². The second-order valence-corrected chi connectivity index (χ2v) is 14.8. The van der Waals surface area contributed by atoms with Gasteiger partial charge in [0, 0.05) is 48.3 Å². The van der Waals surface area contributed by atoms with Crippen LogP contribution in [0.4, 0.5) is 4.79 Å². The van der Waals surface area contributed by atoms with Gasteiger partial charge in [0.2, 0.25) is 5.79 Å². The van der Waals surface area contributed by atoms with E-state index in [1.54, 1.807) is 29.8 Å². The maximum absolute atomic E-state index is 13.6. The number of unbranched alkanes of at least 4 members (excludes halogenated alkanes) is 2. The molecule has 0 bridgehead atoms. The number of carbonyl (C=O) groups excluding carboxylic acids is 1. The minimum Gasteiger partial charge on any atom is -0.493 e. The predicted molar refractivity (Wildman–Crippen MR) is 204 cm³/mol. The first kappa shape index (κ1) is 39.7. The second-order valence-electron chi connectivity index (χ2n) is 13.6. The number of thioether (sulfide) groups is 1. The second kappa shape index (κ2) is 19.5. The van der Waals surface area contributed by atoms with Crippen LogP contribution in [0.2, 0.25) is 0 Å². The smallest absolute Gasteiger partial charge is 0.409 e. The van der Waals surface area contributed by atoms with E-state index in [1.165, 1.54) is 12.0 Å². The molecule has 2 aliphatic carbocycles. The summed E-state index contributed by atoms with van der Waals surface area (Å²) in [6, 6.07) is 15.8. The summed E-state index contributed by atoms with van der Waals surface area (Å²) in [6.45, 7) is 7.44. The molecule has 6 atom stereocenters. The molecule has 0 unspecified atom stereocenters. The number of methoxy groups -OCH3 is 1. The minimum absolute atomic E-state index is 0.111. The quantitative estimate of drug-likeness (QED) is 0.0613. The highest BCUT2D eigenvalue weighted by atomic mass is 32.2. The molecule has 1 amide bonds. The fourth-order valence-corrected chi connectivity index (χ4v) is 9.17. The van der Waals surface area contributed by atoms with Crippen LogP contribution in [-0.2, 0) is 14.3 Å². The Morgan fingerprint density at radius 3 is 2.56 bits per heavy atom. The summed E-state index contributed by atoms with van der Waals surface area (Å²) in [5, 5.41) is 24.2. The molecule has 1 heterocycles. The van der Waals surface area contributed by atoms with Crippen LogP contribution in [0.3, 0.4) is 0 Å². The van der Waals surface area contributed by atoms with Crippen LogP contribution in [0.15, 0.2) is 82.9 Å². The van der Waals surface area contributed by atoms with E-state index in [-0.39, 0.29) is 43.5 Å². The summed E-state index contributed by atoms with van der Waals surface area (Å²) in [6.07, 6.45) is 9.51. The lowest BCUT2D eigenvalue weighted by Gasteiger charge is -2.59. The first-order valence-corrected chi connectivity index (χ1v) is 19.7. The molecule has 1 fully saturated rings. The van der Waals surface area contributed by atoms with Gasteiger partial charge < -0.3 is 34.0 Å². The highest BCUT2D eigenvalue weighted by molar-refractivity contribution is 7.99. The molecule has 2 N–H and O–H groups in total. The molecule has 0 aromatic heterocycles. The van der Waals surface area contributed by atoms with E-state index in [2.05, 4.69) is 36.0 Å². The largest absolute Gasteiger partial charge is 0.493 e. The Labute approximate surface area is 313 Å². The fraction of sp³-hybridized carbons (Fsp3) is 0.561. The zero-order valence-electron chi connectivity index (χ0n) is 30.9. The van der Waals surface area contributed by atoms with Crippen molar-refractivity contribution in [3.05, 3.63) is 78.4 Å². The van der Waals surface area contributed by atoms with Crippen molar-refractivity contribution in [1.29, 1.82) is 0 Å². The SMILES string of the molecule is C=CCO[C@@]12Oc3ccc(OCCSc4ccccc4)cc3[C@H]3[C@H](CCCCO)[C@@H](CCCCO)C=C(C(=NOC)C[C@@H]1N(CCC)C(=O)OC)[C@H]32. The van der Waals surface area contributed by atoms with Crippen molar-refractivity contribution in [3.63, 3.8) is 0 Å². The first-order valence-electron chi connectivity index (χ1n) is 18.7. The molecule has 284 valence electrons. The number of hydrogen-bond donors (Lipinski definition) is 2. The van der Waals surface area contributed by atoms with Crippen molar-refractivity contribution < 1.29 is 38.8 Å². The van der Waals surface area contributed by atoms with E-state index in [0.717, 1.165) is 54.0 Å². The molecule has 10 nitrogen and oxygen atoms in total. The standard InChI is InChI=1S/C41H56N2O8S/c1-5-20-43(40(46)47-3)37-28-35(42-48-4)33-26-29(14-10-12-21-44)32(17-11-13-22-45)38-34-27-30(49-24-25-52-31-15-8-7-9-16-31)18-19-36(34)51-41(37,39(33)38)50-23-6-2/h6-9,15-16,18-19,26-27,29,32,37-39,44-45H,2,5,10-14,17,20-25,28H2,1,3-4H3/t29-,32+,37-,38+,39+,41+/m0/s1. The molecule has 52 heavy (non-hydrogen) atoms. The molecule has 1 aliphatic heterocycles. The van der Waals surface area contributed by atoms with Crippen molar-refractivity contribution in [1.82, 2.24) is 4.90 Å². The minimum atomic E-state index is -1.30. The Hall–Kier alpha value is -3.51. The van der Waals surface area contributed by atoms with Gasteiger partial charge in [-0.15, -0.1) is 18.3 Å². The number of fused-ring (bicyclic) bond motifs is 2. The number of hydrogen-bond acceptors (Lipinski definition) is 10. The maximum atomic E-state index is 13.6. The van der Waals surface area contributed by atoms with Crippen LogP contribution in [0, 0.1) is 17.8 Å². The normalized spacial score (nSPS) is 25.3. The molecule has 0 spiro atoms. The molecular weight excluding hydrogens is 681 g/mol. The molecular formula is C41H56N2O8S. The van der Waals surface area contributed by atoms with Crippen molar-refractivity contribution in [2.75, 3.05) is 52.9 Å². The molecule has 5 rings (SSSR count). The molecule has 0 saturated heterocycles. The van der Waals surface area contributed by atoms with Crippen LogP contribution in [0.25, 0.3) is 0 Å². The summed E-state index contributed by atoms with van der Waals surface area (Å²) in [5.41, 5.74) is 2.78. The van der Waals surface area contributed by atoms with Crippen LogP contribution in [0.5, 0.6) is 11.5 Å². The number of aliphatic hydroxyl groups excluding tert-OH is 2. The van der Waals surface area contributed by atoms with E-state index < -0.39 is 17.9 Å². The number of amides is 1. The lowest BCUT2D eigenvalue weighted by molar-refractivity contribution is -0.255. The fourth-order valence-electron chi connectivity index (χ4n) is 8.42. The first-order chi connectivity index (χ1) is 25.5. The Balaban J connectivity index is 1.66. The Morgan fingerprint density at radius 2 is 1.87 bits per heavy atom. The number of rotatable bonds is 20. The van der Waals surface area contributed by atoms with E-state index in [4.69, 9.17) is 23.8 Å².